The van der Waals surface area contributed by atoms with Crippen LogP contribution in [0, 0.1) is 5.82 Å². The molecule has 0 aliphatic rings. The average Bonchev–Trinajstić information content (AvgIpc) is 2.36. The van der Waals surface area contributed by atoms with E-state index in [2.05, 4.69) is 37.2 Å². The zero-order chi connectivity index (χ0) is 14.0. The van der Waals surface area contributed by atoms with E-state index in [-0.39, 0.29) is 17.1 Å². The molecule has 0 aliphatic heterocycles. The molecule has 6 heteroatoms. The summed E-state index contributed by atoms with van der Waals surface area (Å²) in [6.45, 7) is 0. The summed E-state index contributed by atoms with van der Waals surface area (Å²) in [7, 11) is 0. The number of rotatable bonds is 2. The Hall–Kier alpha value is -1.40. The Kier molecular flexibility index (Phi) is 4.21. The molecule has 2 aromatic rings. The Morgan fingerprint density at radius 3 is 2.42 bits per heavy atom. The fraction of sp³-hybridized carbons (Fsp3) is 0. The number of benzene rings is 2. The van der Waals surface area contributed by atoms with Crippen molar-refractivity contribution >= 4 is 43.5 Å². The van der Waals surface area contributed by atoms with E-state index in [1.165, 1.54) is 30.3 Å². The topological polar surface area (TPSA) is 49.3 Å². The molecule has 2 aromatic carbocycles. The highest BCUT2D eigenvalue weighted by molar-refractivity contribution is 9.11. The first-order valence-corrected chi connectivity index (χ1v) is 6.81. The molecule has 3 nitrogen and oxygen atoms in total. The third kappa shape index (κ3) is 3.33. The molecule has 0 radical (unpaired) electrons. The second-order valence-corrected chi connectivity index (χ2v) is 5.51. The Balaban J connectivity index is 2.27. The summed E-state index contributed by atoms with van der Waals surface area (Å²) in [4.78, 5) is 12.0. The number of amides is 1. The van der Waals surface area contributed by atoms with Gasteiger partial charge in [-0.25, -0.2) is 4.39 Å². The first kappa shape index (κ1) is 14.0. The van der Waals surface area contributed by atoms with Gasteiger partial charge in [0.1, 0.15) is 11.6 Å². The van der Waals surface area contributed by atoms with Gasteiger partial charge in [0.2, 0.25) is 0 Å². The lowest BCUT2D eigenvalue weighted by Gasteiger charge is -2.08. The highest BCUT2D eigenvalue weighted by atomic mass is 79.9. The van der Waals surface area contributed by atoms with Crippen molar-refractivity contribution in [3.05, 3.63) is 56.7 Å². The predicted molar refractivity (Wildman–Crippen MR) is 77.9 cm³/mol. The Bertz CT molecular complexity index is 629. The van der Waals surface area contributed by atoms with Crippen LogP contribution >= 0.6 is 31.9 Å². The first-order chi connectivity index (χ1) is 8.97. The minimum Gasteiger partial charge on any atom is -0.506 e. The molecule has 0 heterocycles. The summed E-state index contributed by atoms with van der Waals surface area (Å²) in [5, 5.41) is 12.4. The molecule has 2 N–H and O–H groups in total. The van der Waals surface area contributed by atoms with Crippen LogP contribution in [0.4, 0.5) is 10.1 Å². The van der Waals surface area contributed by atoms with E-state index in [9.17, 15) is 14.3 Å². The number of anilines is 1. The molecule has 0 aromatic heterocycles. The molecule has 0 saturated carbocycles. The number of carbonyl (C=O) groups excluding carboxylic acids is 1. The number of nitrogens with one attached hydrogen (secondary N) is 1. The summed E-state index contributed by atoms with van der Waals surface area (Å²) in [5.74, 6) is -1.01. The van der Waals surface area contributed by atoms with Crippen LogP contribution in [0.3, 0.4) is 0 Å². The zero-order valence-electron chi connectivity index (χ0n) is 9.45. The van der Waals surface area contributed by atoms with Gasteiger partial charge in [0.25, 0.3) is 5.91 Å². The van der Waals surface area contributed by atoms with E-state index in [0.717, 1.165) is 0 Å². The lowest BCUT2D eigenvalue weighted by Crippen LogP contribution is -2.12. The Labute approximate surface area is 125 Å². The number of phenols is 1. The maximum Gasteiger partial charge on any atom is 0.259 e. The number of phenolic OH excluding ortho intramolecular Hbond substituents is 1. The molecule has 0 atom stereocenters. The highest BCUT2D eigenvalue weighted by Crippen LogP contribution is 2.32. The van der Waals surface area contributed by atoms with Gasteiger partial charge in [-0.05, 0) is 52.3 Å². The van der Waals surface area contributed by atoms with Crippen LogP contribution in [-0.4, -0.2) is 11.0 Å². The van der Waals surface area contributed by atoms with Crippen molar-refractivity contribution < 1.29 is 14.3 Å². The number of aromatic hydroxyl groups is 1. The molecule has 1 amide bonds. The van der Waals surface area contributed by atoms with Crippen LogP contribution in [0.25, 0.3) is 0 Å². The lowest BCUT2D eigenvalue weighted by atomic mass is 10.2. The van der Waals surface area contributed by atoms with Crippen molar-refractivity contribution in [2.45, 2.75) is 0 Å². The van der Waals surface area contributed by atoms with Gasteiger partial charge in [0.15, 0.2) is 0 Å². The molecule has 2 rings (SSSR count). The van der Waals surface area contributed by atoms with Gasteiger partial charge in [-0.1, -0.05) is 15.9 Å². The number of carbonyl (C=O) groups is 1. The average molecular weight is 389 g/mol. The number of hydrogen-bond acceptors (Lipinski definition) is 2. The summed E-state index contributed by atoms with van der Waals surface area (Å²) < 4.78 is 13.8. The van der Waals surface area contributed by atoms with Crippen LogP contribution in [0.15, 0.2) is 45.3 Å². The van der Waals surface area contributed by atoms with Crippen LogP contribution in [0.2, 0.25) is 0 Å². The van der Waals surface area contributed by atoms with E-state index in [1.807, 2.05) is 0 Å². The van der Waals surface area contributed by atoms with Crippen molar-refractivity contribution in [1.82, 2.24) is 0 Å². The standard InChI is InChI=1S/C13H8Br2FNO2/c14-7-5-10(12(18)11(15)6-7)13(19)17-9-3-1-8(16)2-4-9/h1-6,18H,(H,17,19). The Morgan fingerprint density at radius 2 is 1.79 bits per heavy atom. The lowest BCUT2D eigenvalue weighted by molar-refractivity contribution is 0.102. The number of halogens is 3. The molecule has 0 bridgehead atoms. The summed E-state index contributed by atoms with van der Waals surface area (Å²) in [5.41, 5.74) is 0.562. The van der Waals surface area contributed by atoms with E-state index in [0.29, 0.717) is 14.6 Å². The monoisotopic (exact) mass is 387 g/mol. The van der Waals surface area contributed by atoms with Crippen molar-refractivity contribution in [1.29, 1.82) is 0 Å². The zero-order valence-corrected chi connectivity index (χ0v) is 12.6. The van der Waals surface area contributed by atoms with Crippen LogP contribution in [-0.2, 0) is 0 Å². The molecule has 0 fully saturated rings. The minimum absolute atomic E-state index is 0.116. The van der Waals surface area contributed by atoms with Crippen LogP contribution in [0.1, 0.15) is 10.4 Å². The van der Waals surface area contributed by atoms with Gasteiger partial charge in [-0.15, -0.1) is 0 Å². The minimum atomic E-state index is -0.480. The van der Waals surface area contributed by atoms with Crippen molar-refractivity contribution in [2.24, 2.45) is 0 Å². The third-order valence-corrected chi connectivity index (χ3v) is 3.44. The van der Waals surface area contributed by atoms with Crippen molar-refractivity contribution in [3.63, 3.8) is 0 Å². The molecular formula is C13H8Br2FNO2. The fourth-order valence-corrected chi connectivity index (χ4v) is 2.70. The van der Waals surface area contributed by atoms with Gasteiger partial charge >= 0.3 is 0 Å². The SMILES string of the molecule is O=C(Nc1ccc(F)cc1)c1cc(Br)cc(Br)c1O. The largest absolute Gasteiger partial charge is 0.506 e. The van der Waals surface area contributed by atoms with Gasteiger partial charge in [0.05, 0.1) is 10.0 Å². The maximum atomic E-state index is 12.8. The van der Waals surface area contributed by atoms with Gasteiger partial charge in [-0.3, -0.25) is 4.79 Å². The van der Waals surface area contributed by atoms with E-state index in [4.69, 9.17) is 0 Å². The quantitative estimate of drug-likeness (QED) is 0.805. The normalized spacial score (nSPS) is 10.3. The second kappa shape index (κ2) is 5.71. The molecule has 0 aliphatic carbocycles. The Morgan fingerprint density at radius 1 is 1.16 bits per heavy atom. The van der Waals surface area contributed by atoms with Crippen molar-refractivity contribution in [3.8, 4) is 5.75 Å². The van der Waals surface area contributed by atoms with Gasteiger partial charge in [0, 0.05) is 10.2 Å². The van der Waals surface area contributed by atoms with Gasteiger partial charge in [-0.2, -0.15) is 0 Å². The predicted octanol–water partition coefficient (Wildman–Crippen LogP) is 4.31. The smallest absolute Gasteiger partial charge is 0.259 e. The summed E-state index contributed by atoms with van der Waals surface area (Å²) in [6, 6.07) is 8.50. The first-order valence-electron chi connectivity index (χ1n) is 5.22. The van der Waals surface area contributed by atoms with Gasteiger partial charge < -0.3 is 10.4 Å². The summed E-state index contributed by atoms with van der Waals surface area (Å²) >= 11 is 6.39. The second-order valence-electron chi connectivity index (χ2n) is 3.74. The molecule has 0 saturated heterocycles. The molecule has 0 unspecified atom stereocenters. The van der Waals surface area contributed by atoms with Crippen LogP contribution in [0.5, 0.6) is 5.75 Å². The maximum absolute atomic E-state index is 12.8. The van der Waals surface area contributed by atoms with Crippen LogP contribution < -0.4 is 5.32 Å². The number of hydrogen-bond donors (Lipinski definition) is 2. The summed E-state index contributed by atoms with van der Waals surface area (Å²) in [6.07, 6.45) is 0. The highest BCUT2D eigenvalue weighted by Gasteiger charge is 2.15. The molecule has 19 heavy (non-hydrogen) atoms. The third-order valence-electron chi connectivity index (χ3n) is 2.37. The molecular weight excluding hydrogens is 381 g/mol. The molecule has 98 valence electrons. The van der Waals surface area contributed by atoms with E-state index >= 15 is 0 Å². The van der Waals surface area contributed by atoms with E-state index in [1.54, 1.807) is 6.07 Å². The van der Waals surface area contributed by atoms with E-state index < -0.39 is 5.91 Å². The van der Waals surface area contributed by atoms with Crippen molar-refractivity contribution in [2.75, 3.05) is 5.32 Å². The molecule has 0 spiro atoms. The fourth-order valence-electron chi connectivity index (χ4n) is 1.47.